The molecule has 1 aliphatic rings. The first-order valence-corrected chi connectivity index (χ1v) is 10.3. The molecule has 0 saturated carbocycles. The number of rotatable bonds is 5. The van der Waals surface area contributed by atoms with Crippen LogP contribution >= 0.6 is 0 Å². The summed E-state index contributed by atoms with van der Waals surface area (Å²) in [5.74, 6) is 0.841. The zero-order valence-corrected chi connectivity index (χ0v) is 16.4. The van der Waals surface area contributed by atoms with E-state index < -0.39 is 10.0 Å². The van der Waals surface area contributed by atoms with Gasteiger partial charge in [0, 0.05) is 13.1 Å². The van der Waals surface area contributed by atoms with E-state index in [1.807, 2.05) is 31.3 Å². The van der Waals surface area contributed by atoms with Crippen LogP contribution in [0.2, 0.25) is 0 Å². The molecule has 1 aromatic carbocycles. The van der Waals surface area contributed by atoms with E-state index >= 15 is 0 Å². The maximum atomic E-state index is 12.6. The number of nitrogens with zero attached hydrogens (tertiary/aromatic N) is 3. The Kier molecular flexibility index (Phi) is 5.76. The number of pyridine rings is 1. The van der Waals surface area contributed by atoms with E-state index in [0.29, 0.717) is 26.2 Å². The minimum Gasteiger partial charge on any atom is -0.334 e. The number of hydrogen-bond donors (Lipinski definition) is 0. The number of aromatic nitrogens is 1. The monoisotopic (exact) mass is 389 g/mol. The molecule has 1 saturated heterocycles. The summed E-state index contributed by atoms with van der Waals surface area (Å²) >= 11 is 0. The molecule has 0 atom stereocenters. The Morgan fingerprint density at radius 1 is 1.07 bits per heavy atom. The molecule has 1 N–H and O–H groups in total. The number of likely N-dealkylation sites (N-methyl/N-ethyl adjacent to an activating group) is 1. The third-order valence-corrected chi connectivity index (χ3v) is 6.57. The second-order valence-electron chi connectivity index (χ2n) is 6.69. The number of nitrogens with one attached hydrogen (secondary N) is 1. The van der Waals surface area contributed by atoms with Crippen LogP contribution in [-0.2, 0) is 14.8 Å². The summed E-state index contributed by atoms with van der Waals surface area (Å²) in [6, 6.07) is 12.5. The average Bonchev–Trinajstić information content (AvgIpc) is 2.69. The highest BCUT2D eigenvalue weighted by molar-refractivity contribution is 7.89. The molecule has 8 heteroatoms. The van der Waals surface area contributed by atoms with Gasteiger partial charge in [-0.15, -0.1) is 0 Å². The lowest BCUT2D eigenvalue weighted by atomic mass is 10.2. The molecule has 2 heterocycles. The Hall–Kier alpha value is -2.45. The Balaban J connectivity index is 1.58. The van der Waals surface area contributed by atoms with Crippen LogP contribution in [0.1, 0.15) is 5.56 Å². The van der Waals surface area contributed by atoms with Crippen LogP contribution in [0.4, 0.5) is 5.82 Å². The number of benzene rings is 1. The second-order valence-corrected chi connectivity index (χ2v) is 8.73. The number of aryl methyl sites for hydroxylation is 1. The van der Waals surface area contributed by atoms with Gasteiger partial charge in [0.1, 0.15) is 13.1 Å². The number of carbonyl (C=O) groups excluding carboxylic acids is 1. The first kappa shape index (κ1) is 19.3. The number of H-pyrrole nitrogens is 1. The summed E-state index contributed by atoms with van der Waals surface area (Å²) < 4.78 is 26.4. The number of carbonyl (C=O) groups is 1. The van der Waals surface area contributed by atoms with Crippen molar-refractivity contribution < 1.29 is 18.2 Å². The van der Waals surface area contributed by atoms with Crippen LogP contribution in [0.5, 0.6) is 0 Å². The van der Waals surface area contributed by atoms with Crippen molar-refractivity contribution >= 4 is 21.7 Å². The minimum atomic E-state index is -3.67. The minimum absolute atomic E-state index is 0.159. The van der Waals surface area contributed by atoms with E-state index in [9.17, 15) is 13.2 Å². The number of hydrogen-bond acceptors (Lipinski definition) is 4. The largest absolute Gasteiger partial charge is 0.334 e. The summed E-state index contributed by atoms with van der Waals surface area (Å²) in [6.07, 6.45) is 1.87. The number of piperazine rings is 1. The molecule has 1 fully saturated rings. The molecular formula is C19H25N4O3S+. The summed E-state index contributed by atoms with van der Waals surface area (Å²) in [6.45, 7) is 4.30. The van der Waals surface area contributed by atoms with Crippen molar-refractivity contribution in [1.82, 2.24) is 9.21 Å². The van der Waals surface area contributed by atoms with Crippen molar-refractivity contribution in [3.8, 4) is 0 Å². The standard InChI is InChI=1S/C19H24N4O3S/c1-16-6-8-17(9-7-16)27(25,26)21(2)15-19(24)23-13-11-22(12-14-23)18-5-3-4-10-20-18/h3-10H,11-15H2,1-2H3/p+1. The second kappa shape index (κ2) is 8.06. The molecular weight excluding hydrogens is 364 g/mol. The fourth-order valence-corrected chi connectivity index (χ4v) is 4.16. The molecule has 7 nitrogen and oxygen atoms in total. The molecule has 27 heavy (non-hydrogen) atoms. The molecule has 1 aliphatic heterocycles. The van der Waals surface area contributed by atoms with E-state index in [1.54, 1.807) is 29.2 Å². The van der Waals surface area contributed by atoms with Gasteiger partial charge in [-0.25, -0.2) is 13.4 Å². The SMILES string of the molecule is Cc1ccc(S(=O)(=O)N(C)CC(=O)N2CCN(c3cccc[nH+]3)CC2)cc1. The van der Waals surface area contributed by atoms with Crippen LogP contribution in [-0.4, -0.2) is 63.3 Å². The molecule has 144 valence electrons. The molecule has 2 aromatic rings. The molecule has 0 spiro atoms. The lowest BCUT2D eigenvalue weighted by Gasteiger charge is -2.32. The predicted octanol–water partition coefficient (Wildman–Crippen LogP) is 0.778. The Bertz CT molecular complexity index is 877. The molecule has 0 unspecified atom stereocenters. The smallest absolute Gasteiger partial charge is 0.274 e. The molecule has 1 aromatic heterocycles. The van der Waals surface area contributed by atoms with Crippen LogP contribution in [0.3, 0.4) is 0 Å². The molecule has 0 radical (unpaired) electrons. The fourth-order valence-electron chi connectivity index (χ4n) is 3.04. The average molecular weight is 390 g/mol. The molecule has 3 rings (SSSR count). The number of sulfonamides is 1. The maximum Gasteiger partial charge on any atom is 0.274 e. The van der Waals surface area contributed by atoms with Crippen molar-refractivity contribution in [2.45, 2.75) is 11.8 Å². The Morgan fingerprint density at radius 3 is 2.33 bits per heavy atom. The number of aromatic amines is 1. The van der Waals surface area contributed by atoms with Crippen molar-refractivity contribution in [3.05, 3.63) is 54.2 Å². The molecule has 1 amide bonds. The van der Waals surface area contributed by atoms with Crippen LogP contribution in [0.25, 0.3) is 0 Å². The van der Waals surface area contributed by atoms with Crippen LogP contribution in [0.15, 0.2) is 53.6 Å². The van der Waals surface area contributed by atoms with Gasteiger partial charge in [0.05, 0.1) is 30.7 Å². The molecule has 0 aliphatic carbocycles. The summed E-state index contributed by atoms with van der Waals surface area (Å²) in [5, 5.41) is 0. The Morgan fingerprint density at radius 2 is 1.74 bits per heavy atom. The maximum absolute atomic E-state index is 12.6. The predicted molar refractivity (Wildman–Crippen MR) is 103 cm³/mol. The number of anilines is 1. The van der Waals surface area contributed by atoms with E-state index in [0.717, 1.165) is 15.7 Å². The summed E-state index contributed by atoms with van der Waals surface area (Å²) in [4.78, 5) is 19.9. The van der Waals surface area contributed by atoms with Crippen molar-refractivity contribution in [3.63, 3.8) is 0 Å². The van der Waals surface area contributed by atoms with Gasteiger partial charge < -0.3 is 4.90 Å². The van der Waals surface area contributed by atoms with E-state index in [2.05, 4.69) is 9.88 Å². The first-order chi connectivity index (χ1) is 12.9. The topological polar surface area (TPSA) is 75.1 Å². The zero-order chi connectivity index (χ0) is 19.4. The third kappa shape index (κ3) is 4.45. The van der Waals surface area contributed by atoms with Gasteiger partial charge in [0.15, 0.2) is 0 Å². The van der Waals surface area contributed by atoms with Gasteiger partial charge in [-0.05, 0) is 25.1 Å². The van der Waals surface area contributed by atoms with Gasteiger partial charge in [-0.1, -0.05) is 23.8 Å². The van der Waals surface area contributed by atoms with Gasteiger partial charge in [-0.3, -0.25) is 9.69 Å². The van der Waals surface area contributed by atoms with Gasteiger partial charge >= 0.3 is 0 Å². The van der Waals surface area contributed by atoms with Crippen LogP contribution < -0.4 is 9.88 Å². The number of amides is 1. The molecule has 0 bridgehead atoms. The van der Waals surface area contributed by atoms with Crippen molar-refractivity contribution in [2.75, 3.05) is 44.7 Å². The van der Waals surface area contributed by atoms with Crippen molar-refractivity contribution in [1.29, 1.82) is 0 Å². The normalized spacial score (nSPS) is 15.2. The van der Waals surface area contributed by atoms with Gasteiger partial charge in [0.25, 0.3) is 5.82 Å². The quantitative estimate of drug-likeness (QED) is 0.757. The fraction of sp³-hybridized carbons (Fsp3) is 0.368. The lowest BCUT2D eigenvalue weighted by Crippen LogP contribution is -2.52. The van der Waals surface area contributed by atoms with Crippen molar-refractivity contribution in [2.24, 2.45) is 0 Å². The highest BCUT2D eigenvalue weighted by atomic mass is 32.2. The van der Waals surface area contributed by atoms with E-state index in [-0.39, 0.29) is 17.3 Å². The van der Waals surface area contributed by atoms with E-state index in [4.69, 9.17) is 0 Å². The van der Waals surface area contributed by atoms with Gasteiger partial charge in [0.2, 0.25) is 15.9 Å². The third-order valence-electron chi connectivity index (χ3n) is 4.75. The lowest BCUT2D eigenvalue weighted by molar-refractivity contribution is -0.364. The highest BCUT2D eigenvalue weighted by Gasteiger charge is 2.29. The zero-order valence-electron chi connectivity index (χ0n) is 15.6. The first-order valence-electron chi connectivity index (χ1n) is 8.90. The van der Waals surface area contributed by atoms with E-state index in [1.165, 1.54) is 7.05 Å². The van der Waals surface area contributed by atoms with Gasteiger partial charge in [-0.2, -0.15) is 4.31 Å². The van der Waals surface area contributed by atoms with Crippen LogP contribution in [0, 0.1) is 6.92 Å². The summed E-state index contributed by atoms with van der Waals surface area (Å²) in [5.41, 5.74) is 0.987. The summed E-state index contributed by atoms with van der Waals surface area (Å²) in [7, 11) is -2.23. The Labute approximate surface area is 160 Å². The highest BCUT2D eigenvalue weighted by Crippen LogP contribution is 2.16.